The van der Waals surface area contributed by atoms with E-state index in [9.17, 15) is 13.2 Å². The smallest absolute Gasteiger partial charge is 0.416 e. The highest BCUT2D eigenvalue weighted by atomic mass is 19.4. The zero-order valence-corrected chi connectivity index (χ0v) is 10.3. The highest BCUT2D eigenvalue weighted by molar-refractivity contribution is 5.35. The molecule has 2 aromatic carbocycles. The minimum atomic E-state index is -4.40. The summed E-state index contributed by atoms with van der Waals surface area (Å²) in [5, 5.41) is 8.65. The molecular formula is C15H10F3NO. The molecule has 0 fully saturated rings. The number of ether oxygens (including phenoxy) is 1. The summed E-state index contributed by atoms with van der Waals surface area (Å²) in [6.07, 6.45) is -4.40. The summed E-state index contributed by atoms with van der Waals surface area (Å²) in [7, 11) is 0. The first-order valence-electron chi connectivity index (χ1n) is 5.79. The Bertz CT molecular complexity index is 627. The fourth-order valence-electron chi connectivity index (χ4n) is 1.71. The molecule has 0 N–H and O–H groups in total. The minimum absolute atomic E-state index is 0.0735. The Balaban J connectivity index is 2.13. The van der Waals surface area contributed by atoms with Crippen molar-refractivity contribution >= 4 is 0 Å². The zero-order chi connectivity index (χ0) is 14.6. The molecule has 0 spiro atoms. The number of alkyl halides is 3. The molecule has 0 saturated heterocycles. The van der Waals surface area contributed by atoms with Crippen LogP contribution in [-0.4, -0.2) is 0 Å². The van der Waals surface area contributed by atoms with E-state index in [1.165, 1.54) is 18.2 Å². The van der Waals surface area contributed by atoms with Crippen molar-refractivity contribution in [3.63, 3.8) is 0 Å². The third-order valence-electron chi connectivity index (χ3n) is 2.70. The van der Waals surface area contributed by atoms with Crippen LogP contribution in [0.2, 0.25) is 0 Å². The van der Waals surface area contributed by atoms with Gasteiger partial charge in [-0.25, -0.2) is 0 Å². The Kier molecular flexibility index (Phi) is 3.94. The van der Waals surface area contributed by atoms with Gasteiger partial charge in [0.05, 0.1) is 17.2 Å². The summed E-state index contributed by atoms with van der Waals surface area (Å²) in [6, 6.07) is 13.4. The molecule has 0 radical (unpaired) electrons. The molecule has 5 heteroatoms. The van der Waals surface area contributed by atoms with E-state index >= 15 is 0 Å². The van der Waals surface area contributed by atoms with Gasteiger partial charge in [-0.3, -0.25) is 0 Å². The molecule has 2 rings (SSSR count). The molecule has 0 aliphatic carbocycles. The Morgan fingerprint density at radius 2 is 1.65 bits per heavy atom. The van der Waals surface area contributed by atoms with Crippen LogP contribution in [0.25, 0.3) is 0 Å². The van der Waals surface area contributed by atoms with Crippen LogP contribution in [0.5, 0.6) is 5.75 Å². The molecular weight excluding hydrogens is 267 g/mol. The van der Waals surface area contributed by atoms with Gasteiger partial charge in [-0.1, -0.05) is 18.2 Å². The molecule has 20 heavy (non-hydrogen) atoms. The standard InChI is InChI=1S/C15H10F3NO/c16-15(17,18)14-4-2-1-3-12(14)10-20-13-7-5-11(9-19)6-8-13/h1-8H,10H2. The molecule has 0 unspecified atom stereocenters. The topological polar surface area (TPSA) is 33.0 Å². The van der Waals surface area contributed by atoms with Gasteiger partial charge in [0.25, 0.3) is 0 Å². The lowest BCUT2D eigenvalue weighted by Crippen LogP contribution is -2.10. The number of hydrogen-bond donors (Lipinski definition) is 0. The fraction of sp³-hybridized carbons (Fsp3) is 0.133. The van der Waals surface area contributed by atoms with Crippen molar-refractivity contribution in [1.82, 2.24) is 0 Å². The fourth-order valence-corrected chi connectivity index (χ4v) is 1.71. The number of nitrogens with zero attached hydrogens (tertiary/aromatic N) is 1. The summed E-state index contributed by atoms with van der Waals surface area (Å²) in [4.78, 5) is 0. The number of rotatable bonds is 3. The maximum absolute atomic E-state index is 12.8. The molecule has 0 aromatic heterocycles. The number of nitriles is 1. The average Bonchev–Trinajstić information content (AvgIpc) is 2.45. The van der Waals surface area contributed by atoms with Crippen LogP contribution in [0.1, 0.15) is 16.7 Å². The van der Waals surface area contributed by atoms with E-state index < -0.39 is 11.7 Å². The highest BCUT2D eigenvalue weighted by Gasteiger charge is 2.32. The Labute approximate surface area is 114 Å². The van der Waals surface area contributed by atoms with Crippen LogP contribution in [0.4, 0.5) is 13.2 Å². The molecule has 2 aromatic rings. The lowest BCUT2D eigenvalue weighted by Gasteiger charge is -2.13. The van der Waals surface area contributed by atoms with Gasteiger partial charge >= 0.3 is 6.18 Å². The maximum Gasteiger partial charge on any atom is 0.416 e. The maximum atomic E-state index is 12.8. The predicted octanol–water partition coefficient (Wildman–Crippen LogP) is 4.16. The Hall–Kier alpha value is -2.48. The normalized spacial score (nSPS) is 10.9. The number of hydrogen-bond acceptors (Lipinski definition) is 2. The first-order chi connectivity index (χ1) is 9.50. The van der Waals surface area contributed by atoms with Crippen LogP contribution in [0, 0.1) is 11.3 Å². The van der Waals surface area contributed by atoms with Crippen LogP contribution >= 0.6 is 0 Å². The van der Waals surface area contributed by atoms with Gasteiger partial charge in [0, 0.05) is 5.56 Å². The van der Waals surface area contributed by atoms with Crippen molar-refractivity contribution in [3.05, 3.63) is 65.2 Å². The second-order valence-corrected chi connectivity index (χ2v) is 4.08. The molecule has 0 bridgehead atoms. The molecule has 0 aliphatic heterocycles. The van der Waals surface area contributed by atoms with Gasteiger partial charge in [0.2, 0.25) is 0 Å². The van der Waals surface area contributed by atoms with E-state index in [1.807, 2.05) is 6.07 Å². The third-order valence-corrected chi connectivity index (χ3v) is 2.70. The zero-order valence-electron chi connectivity index (χ0n) is 10.3. The van der Waals surface area contributed by atoms with Gasteiger partial charge in [0.15, 0.2) is 0 Å². The van der Waals surface area contributed by atoms with Gasteiger partial charge in [-0.15, -0.1) is 0 Å². The largest absolute Gasteiger partial charge is 0.489 e. The molecule has 0 atom stereocenters. The summed E-state index contributed by atoms with van der Waals surface area (Å²) >= 11 is 0. The lowest BCUT2D eigenvalue weighted by atomic mass is 10.1. The van der Waals surface area contributed by atoms with Crippen molar-refractivity contribution in [2.45, 2.75) is 12.8 Å². The van der Waals surface area contributed by atoms with Crippen LogP contribution in [0.3, 0.4) is 0 Å². The quantitative estimate of drug-likeness (QED) is 0.844. The van der Waals surface area contributed by atoms with E-state index in [4.69, 9.17) is 10.00 Å². The van der Waals surface area contributed by atoms with E-state index in [0.717, 1.165) is 6.07 Å². The van der Waals surface area contributed by atoms with Crippen molar-refractivity contribution < 1.29 is 17.9 Å². The second-order valence-electron chi connectivity index (χ2n) is 4.08. The van der Waals surface area contributed by atoms with Crippen LogP contribution in [-0.2, 0) is 12.8 Å². The third kappa shape index (κ3) is 3.29. The van der Waals surface area contributed by atoms with Crippen LogP contribution in [0.15, 0.2) is 48.5 Å². The minimum Gasteiger partial charge on any atom is -0.489 e. The molecule has 0 saturated carbocycles. The Morgan fingerprint density at radius 1 is 1.00 bits per heavy atom. The van der Waals surface area contributed by atoms with Gasteiger partial charge in [-0.05, 0) is 30.3 Å². The van der Waals surface area contributed by atoms with Crippen molar-refractivity contribution in [2.75, 3.05) is 0 Å². The summed E-state index contributed by atoms with van der Waals surface area (Å²) in [6.45, 7) is -0.179. The predicted molar refractivity (Wildman–Crippen MR) is 66.9 cm³/mol. The first kappa shape index (κ1) is 13.9. The van der Waals surface area contributed by atoms with Crippen LogP contribution < -0.4 is 4.74 Å². The highest BCUT2D eigenvalue weighted by Crippen LogP contribution is 2.32. The summed E-state index contributed by atoms with van der Waals surface area (Å²) in [5.74, 6) is 0.418. The van der Waals surface area contributed by atoms with Gasteiger partial charge < -0.3 is 4.74 Å². The number of halogens is 3. The summed E-state index contributed by atoms with van der Waals surface area (Å²) < 4.78 is 43.7. The van der Waals surface area contributed by atoms with E-state index in [2.05, 4.69) is 0 Å². The van der Waals surface area contributed by atoms with Crippen molar-refractivity contribution in [1.29, 1.82) is 5.26 Å². The van der Waals surface area contributed by atoms with Crippen molar-refractivity contribution in [3.8, 4) is 11.8 Å². The van der Waals surface area contributed by atoms with Crippen molar-refractivity contribution in [2.24, 2.45) is 0 Å². The summed E-state index contributed by atoms with van der Waals surface area (Å²) in [5.41, 5.74) is -0.161. The molecule has 0 aliphatic rings. The Morgan fingerprint density at radius 3 is 2.25 bits per heavy atom. The molecule has 0 amide bonds. The average molecular weight is 277 g/mol. The molecule has 102 valence electrons. The van der Waals surface area contributed by atoms with E-state index in [1.54, 1.807) is 24.3 Å². The SMILES string of the molecule is N#Cc1ccc(OCc2ccccc2C(F)(F)F)cc1. The van der Waals surface area contributed by atoms with Gasteiger partial charge in [0.1, 0.15) is 12.4 Å². The number of benzene rings is 2. The van der Waals surface area contributed by atoms with E-state index in [0.29, 0.717) is 11.3 Å². The van der Waals surface area contributed by atoms with Gasteiger partial charge in [-0.2, -0.15) is 18.4 Å². The van der Waals surface area contributed by atoms with E-state index in [-0.39, 0.29) is 12.2 Å². The molecule has 0 heterocycles. The monoisotopic (exact) mass is 277 g/mol. The first-order valence-corrected chi connectivity index (χ1v) is 5.79. The molecule has 2 nitrogen and oxygen atoms in total. The lowest BCUT2D eigenvalue weighted by molar-refractivity contribution is -0.138. The second kappa shape index (κ2) is 5.66.